The quantitative estimate of drug-likeness (QED) is 0.637. The van der Waals surface area contributed by atoms with Crippen LogP contribution in [0.5, 0.6) is 5.75 Å². The van der Waals surface area contributed by atoms with Crippen LogP contribution >= 0.6 is 0 Å². The normalized spacial score (nSPS) is 11.1. The van der Waals surface area contributed by atoms with Crippen molar-refractivity contribution in [2.45, 2.75) is 27.3 Å². The molecule has 18 heavy (non-hydrogen) atoms. The molecule has 0 aliphatic heterocycles. The van der Waals surface area contributed by atoms with Crippen LogP contribution in [-0.2, 0) is 6.54 Å². The molecule has 0 saturated carbocycles. The van der Waals surface area contributed by atoms with Gasteiger partial charge in [0.15, 0.2) is 5.75 Å². The van der Waals surface area contributed by atoms with Crippen LogP contribution in [0.4, 0.5) is 0 Å². The van der Waals surface area contributed by atoms with Crippen LogP contribution in [0.1, 0.15) is 20.8 Å². The largest absolute Gasteiger partial charge is 0.489 e. The first kappa shape index (κ1) is 15.0. The highest BCUT2D eigenvalue weighted by atomic mass is 16.5. The molecule has 104 valence electrons. The van der Waals surface area contributed by atoms with Gasteiger partial charge >= 0.3 is 0 Å². The molecule has 0 aliphatic carbocycles. The highest BCUT2D eigenvalue weighted by molar-refractivity contribution is 5.11. The van der Waals surface area contributed by atoms with E-state index in [4.69, 9.17) is 4.74 Å². The van der Waals surface area contributed by atoms with Crippen LogP contribution in [0.15, 0.2) is 12.4 Å². The van der Waals surface area contributed by atoms with E-state index < -0.39 is 0 Å². The van der Waals surface area contributed by atoms with E-state index in [2.05, 4.69) is 36.1 Å². The lowest BCUT2D eigenvalue weighted by molar-refractivity contribution is 0.285. The molecule has 0 aromatic carbocycles. The third-order valence-electron chi connectivity index (χ3n) is 2.98. The highest BCUT2D eigenvalue weighted by Crippen LogP contribution is 2.06. The molecule has 0 fully saturated rings. The maximum atomic E-state index is 5.59. The number of nitrogens with zero attached hydrogens (tertiary/aromatic N) is 3. The Morgan fingerprint density at radius 3 is 2.67 bits per heavy atom. The van der Waals surface area contributed by atoms with Crippen LogP contribution in [0.25, 0.3) is 0 Å². The molecule has 0 spiro atoms. The van der Waals surface area contributed by atoms with Crippen LogP contribution in [0.2, 0.25) is 0 Å². The van der Waals surface area contributed by atoms with Crippen LogP contribution < -0.4 is 10.1 Å². The monoisotopic (exact) mass is 254 g/mol. The molecule has 5 nitrogen and oxygen atoms in total. The van der Waals surface area contributed by atoms with Crippen molar-refractivity contribution in [2.24, 2.45) is 0 Å². The van der Waals surface area contributed by atoms with E-state index in [-0.39, 0.29) is 0 Å². The molecule has 1 rings (SSSR count). The number of hydrogen-bond acceptors (Lipinski definition) is 4. The van der Waals surface area contributed by atoms with Crippen molar-refractivity contribution in [3.63, 3.8) is 0 Å². The molecule has 0 radical (unpaired) electrons. The Hall–Kier alpha value is -1.07. The van der Waals surface area contributed by atoms with E-state index in [1.807, 2.05) is 10.9 Å². The first-order valence-corrected chi connectivity index (χ1v) is 6.88. The van der Waals surface area contributed by atoms with Crippen molar-refractivity contribution in [3.05, 3.63) is 12.4 Å². The molecule has 1 aromatic rings. The van der Waals surface area contributed by atoms with E-state index in [0.29, 0.717) is 6.61 Å². The fourth-order valence-corrected chi connectivity index (χ4v) is 1.74. The Labute approximate surface area is 110 Å². The lowest BCUT2D eigenvalue weighted by Gasteiger charge is -2.17. The number of aryl methyl sites for hydroxylation is 1. The molecule has 0 saturated heterocycles. The molecule has 0 unspecified atom stereocenters. The second kappa shape index (κ2) is 8.94. The summed E-state index contributed by atoms with van der Waals surface area (Å²) >= 11 is 0. The first-order chi connectivity index (χ1) is 8.80. The van der Waals surface area contributed by atoms with Crippen molar-refractivity contribution in [1.82, 2.24) is 20.0 Å². The zero-order valence-electron chi connectivity index (χ0n) is 11.9. The summed E-state index contributed by atoms with van der Waals surface area (Å²) in [5, 5.41) is 7.54. The Balaban J connectivity index is 2.01. The second-order valence-corrected chi connectivity index (χ2v) is 4.16. The Morgan fingerprint density at radius 2 is 2.06 bits per heavy atom. The fourth-order valence-electron chi connectivity index (χ4n) is 1.74. The maximum Gasteiger partial charge on any atom is 0.157 e. The van der Waals surface area contributed by atoms with E-state index >= 15 is 0 Å². The van der Waals surface area contributed by atoms with Gasteiger partial charge in [-0.3, -0.25) is 4.68 Å². The number of nitrogens with one attached hydrogen (secondary N) is 1. The summed E-state index contributed by atoms with van der Waals surface area (Å²) in [5.41, 5.74) is 0. The molecule has 1 aromatic heterocycles. The minimum absolute atomic E-state index is 0.688. The third kappa shape index (κ3) is 5.51. The van der Waals surface area contributed by atoms with Crippen molar-refractivity contribution in [2.75, 3.05) is 39.3 Å². The zero-order valence-corrected chi connectivity index (χ0v) is 11.9. The number of aromatic nitrogens is 2. The van der Waals surface area contributed by atoms with Crippen molar-refractivity contribution >= 4 is 0 Å². The van der Waals surface area contributed by atoms with Gasteiger partial charge in [0.05, 0.1) is 12.4 Å². The standard InChI is InChI=1S/C13H26N4O/c1-4-16(5-2)9-7-14-8-10-18-13-11-15-17(6-3)12-13/h11-12,14H,4-10H2,1-3H3. The van der Waals surface area contributed by atoms with Gasteiger partial charge in [-0.15, -0.1) is 0 Å². The van der Waals surface area contributed by atoms with E-state index in [1.54, 1.807) is 6.20 Å². The topological polar surface area (TPSA) is 42.3 Å². The average Bonchev–Trinajstić information content (AvgIpc) is 2.86. The van der Waals surface area contributed by atoms with Crippen LogP contribution in [0.3, 0.4) is 0 Å². The summed E-state index contributed by atoms with van der Waals surface area (Å²) in [7, 11) is 0. The van der Waals surface area contributed by atoms with Gasteiger partial charge in [0.25, 0.3) is 0 Å². The van der Waals surface area contributed by atoms with Gasteiger partial charge in [0.2, 0.25) is 0 Å². The van der Waals surface area contributed by atoms with Gasteiger partial charge in [0.1, 0.15) is 6.61 Å². The van der Waals surface area contributed by atoms with Gasteiger partial charge in [-0.1, -0.05) is 13.8 Å². The summed E-state index contributed by atoms with van der Waals surface area (Å²) < 4.78 is 7.45. The second-order valence-electron chi connectivity index (χ2n) is 4.16. The summed E-state index contributed by atoms with van der Waals surface area (Å²) in [6.07, 6.45) is 3.69. The molecule has 5 heteroatoms. The Morgan fingerprint density at radius 1 is 1.28 bits per heavy atom. The van der Waals surface area contributed by atoms with Gasteiger partial charge in [-0.2, -0.15) is 5.10 Å². The highest BCUT2D eigenvalue weighted by Gasteiger charge is 1.99. The summed E-state index contributed by atoms with van der Waals surface area (Å²) in [6, 6.07) is 0. The zero-order chi connectivity index (χ0) is 13.2. The number of rotatable bonds is 10. The van der Waals surface area contributed by atoms with Gasteiger partial charge in [0, 0.05) is 26.2 Å². The van der Waals surface area contributed by atoms with E-state index in [1.165, 1.54) is 0 Å². The van der Waals surface area contributed by atoms with Crippen molar-refractivity contribution in [1.29, 1.82) is 0 Å². The fraction of sp³-hybridized carbons (Fsp3) is 0.769. The Kier molecular flexibility index (Phi) is 7.44. The van der Waals surface area contributed by atoms with E-state index in [9.17, 15) is 0 Å². The summed E-state index contributed by atoms with van der Waals surface area (Å²) in [6.45, 7) is 13.2. The van der Waals surface area contributed by atoms with E-state index in [0.717, 1.165) is 45.0 Å². The maximum absolute atomic E-state index is 5.59. The van der Waals surface area contributed by atoms with Gasteiger partial charge in [-0.25, -0.2) is 0 Å². The lowest BCUT2D eigenvalue weighted by atomic mass is 10.4. The van der Waals surface area contributed by atoms with Crippen molar-refractivity contribution < 1.29 is 4.74 Å². The van der Waals surface area contributed by atoms with Crippen LogP contribution in [0, 0.1) is 0 Å². The molecular weight excluding hydrogens is 228 g/mol. The number of likely N-dealkylation sites (N-methyl/N-ethyl adjacent to an activating group) is 1. The lowest BCUT2D eigenvalue weighted by Crippen LogP contribution is -2.33. The molecule has 0 atom stereocenters. The predicted molar refractivity (Wildman–Crippen MR) is 74.1 cm³/mol. The number of hydrogen-bond donors (Lipinski definition) is 1. The van der Waals surface area contributed by atoms with Gasteiger partial charge < -0.3 is 15.0 Å². The minimum atomic E-state index is 0.688. The van der Waals surface area contributed by atoms with Crippen LogP contribution in [-0.4, -0.2) is 54.0 Å². The predicted octanol–water partition coefficient (Wildman–Crippen LogP) is 1.21. The molecule has 1 N–H and O–H groups in total. The van der Waals surface area contributed by atoms with Gasteiger partial charge in [-0.05, 0) is 20.0 Å². The summed E-state index contributed by atoms with van der Waals surface area (Å²) in [4.78, 5) is 2.40. The third-order valence-corrected chi connectivity index (χ3v) is 2.98. The average molecular weight is 254 g/mol. The molecule has 1 heterocycles. The summed E-state index contributed by atoms with van der Waals surface area (Å²) in [5.74, 6) is 0.849. The minimum Gasteiger partial charge on any atom is -0.489 e. The number of ether oxygens (including phenoxy) is 1. The smallest absolute Gasteiger partial charge is 0.157 e. The SMILES string of the molecule is CCN(CC)CCNCCOc1cnn(CC)c1. The van der Waals surface area contributed by atoms with Crippen molar-refractivity contribution in [3.8, 4) is 5.75 Å². The molecule has 0 aliphatic rings. The molecule has 0 amide bonds. The first-order valence-electron chi connectivity index (χ1n) is 6.88. The molecular formula is C13H26N4O. The Bertz CT molecular complexity index is 310. The molecule has 0 bridgehead atoms.